The van der Waals surface area contributed by atoms with Crippen molar-refractivity contribution in [2.75, 3.05) is 24.9 Å². The number of nitrogens with one attached hydrogen (secondary N) is 3. The number of carbonyl (C=O) groups excluding carboxylic acids is 2. The number of carbonyl (C=O) groups is 2. The molecular weight excluding hydrogens is 370 g/mol. The van der Waals surface area contributed by atoms with Crippen LogP contribution >= 0.6 is 0 Å². The molecule has 0 aromatic heterocycles. The van der Waals surface area contributed by atoms with Gasteiger partial charge in [-0.2, -0.15) is 0 Å². The molecule has 1 saturated carbocycles. The highest BCUT2D eigenvalue weighted by atomic mass is 16.5. The molecule has 0 radical (unpaired) electrons. The summed E-state index contributed by atoms with van der Waals surface area (Å²) in [5, 5.41) is 8.53. The van der Waals surface area contributed by atoms with Gasteiger partial charge in [0.1, 0.15) is 11.5 Å². The van der Waals surface area contributed by atoms with Gasteiger partial charge in [-0.25, -0.2) is 4.79 Å². The van der Waals surface area contributed by atoms with Gasteiger partial charge in [0.25, 0.3) is 0 Å². The fraction of sp³-hybridized carbons (Fsp3) is 0.364. The van der Waals surface area contributed by atoms with Crippen molar-refractivity contribution in [3.63, 3.8) is 0 Å². The lowest BCUT2D eigenvalue weighted by molar-refractivity contribution is -0.116. The van der Waals surface area contributed by atoms with Crippen molar-refractivity contribution in [1.29, 1.82) is 0 Å². The van der Waals surface area contributed by atoms with E-state index in [1.54, 1.807) is 38.5 Å². The van der Waals surface area contributed by atoms with E-state index in [4.69, 9.17) is 9.47 Å². The summed E-state index contributed by atoms with van der Waals surface area (Å²) in [7, 11) is 3.24. The average Bonchev–Trinajstić information content (AvgIpc) is 3.53. The number of urea groups is 1. The Morgan fingerprint density at radius 1 is 0.966 bits per heavy atom. The number of rotatable bonds is 9. The lowest BCUT2D eigenvalue weighted by atomic mass is 10.1. The molecule has 7 heteroatoms. The first kappa shape index (κ1) is 20.5. The first-order chi connectivity index (χ1) is 14.1. The van der Waals surface area contributed by atoms with Crippen LogP contribution in [0, 0.1) is 0 Å². The SMILES string of the molecule is COc1ccc(CCCC(=O)Nc2ccc(NC(=O)NC3CC3)cc2)c(OC)c1. The maximum absolute atomic E-state index is 12.2. The molecule has 0 bridgehead atoms. The Bertz CT molecular complexity index is 848. The van der Waals surface area contributed by atoms with Crippen LogP contribution in [0.2, 0.25) is 0 Å². The molecule has 0 aliphatic heterocycles. The third-order valence-electron chi connectivity index (χ3n) is 4.68. The Balaban J connectivity index is 1.42. The highest BCUT2D eigenvalue weighted by Crippen LogP contribution is 2.26. The lowest BCUT2D eigenvalue weighted by Crippen LogP contribution is -2.30. The molecule has 154 valence electrons. The van der Waals surface area contributed by atoms with E-state index in [0.717, 1.165) is 36.3 Å². The highest BCUT2D eigenvalue weighted by molar-refractivity contribution is 5.92. The largest absolute Gasteiger partial charge is 0.497 e. The van der Waals surface area contributed by atoms with Crippen LogP contribution in [0.1, 0.15) is 31.2 Å². The molecule has 0 atom stereocenters. The van der Waals surface area contributed by atoms with Gasteiger partial charge >= 0.3 is 6.03 Å². The average molecular weight is 397 g/mol. The molecule has 29 heavy (non-hydrogen) atoms. The zero-order chi connectivity index (χ0) is 20.6. The van der Waals surface area contributed by atoms with Crippen LogP contribution in [0.4, 0.5) is 16.2 Å². The Morgan fingerprint density at radius 2 is 1.66 bits per heavy atom. The van der Waals surface area contributed by atoms with Gasteiger partial charge < -0.3 is 25.4 Å². The Morgan fingerprint density at radius 3 is 2.28 bits per heavy atom. The van der Waals surface area contributed by atoms with Crippen molar-refractivity contribution < 1.29 is 19.1 Å². The monoisotopic (exact) mass is 397 g/mol. The van der Waals surface area contributed by atoms with Crippen LogP contribution in [-0.4, -0.2) is 32.2 Å². The Kier molecular flexibility index (Phi) is 6.94. The summed E-state index contributed by atoms with van der Waals surface area (Å²) >= 11 is 0. The van der Waals surface area contributed by atoms with Gasteiger partial charge in [-0.1, -0.05) is 6.07 Å². The number of ether oxygens (including phenoxy) is 2. The van der Waals surface area contributed by atoms with E-state index in [0.29, 0.717) is 30.3 Å². The van der Waals surface area contributed by atoms with Crippen LogP contribution in [0.3, 0.4) is 0 Å². The summed E-state index contributed by atoms with van der Waals surface area (Å²) in [6.07, 6.45) is 3.93. The molecular formula is C22H27N3O4. The lowest BCUT2D eigenvalue weighted by Gasteiger charge is -2.11. The van der Waals surface area contributed by atoms with E-state index < -0.39 is 0 Å². The van der Waals surface area contributed by atoms with Crippen molar-refractivity contribution in [2.45, 2.75) is 38.1 Å². The second-order valence-corrected chi connectivity index (χ2v) is 7.03. The molecule has 1 aliphatic rings. The normalized spacial score (nSPS) is 12.8. The van der Waals surface area contributed by atoms with Crippen LogP contribution in [0.5, 0.6) is 11.5 Å². The van der Waals surface area contributed by atoms with Crippen LogP contribution in [0.25, 0.3) is 0 Å². The van der Waals surface area contributed by atoms with Crippen molar-refractivity contribution in [1.82, 2.24) is 5.32 Å². The van der Waals surface area contributed by atoms with Crippen LogP contribution in [0.15, 0.2) is 42.5 Å². The predicted octanol–water partition coefficient (Wildman–Crippen LogP) is 3.95. The number of methoxy groups -OCH3 is 2. The molecule has 3 amide bonds. The standard InChI is InChI=1S/C22H27N3O4/c1-28-19-13-6-15(20(14-19)29-2)4-3-5-21(26)23-16-7-9-17(10-8-16)24-22(27)25-18-11-12-18/h6-10,13-14,18H,3-5,11-12H2,1-2H3,(H,23,26)(H2,24,25,27). The molecule has 1 aliphatic carbocycles. The number of amides is 3. The summed E-state index contributed by atoms with van der Waals surface area (Å²) in [5.74, 6) is 1.45. The summed E-state index contributed by atoms with van der Waals surface area (Å²) in [4.78, 5) is 23.9. The molecule has 7 nitrogen and oxygen atoms in total. The van der Waals surface area contributed by atoms with Crippen molar-refractivity contribution in [3.8, 4) is 11.5 Å². The Hall–Kier alpha value is -3.22. The van der Waals surface area contributed by atoms with Gasteiger partial charge in [0.05, 0.1) is 14.2 Å². The van der Waals surface area contributed by atoms with Gasteiger partial charge in [0.15, 0.2) is 0 Å². The molecule has 0 heterocycles. The minimum atomic E-state index is -0.196. The van der Waals surface area contributed by atoms with Crippen molar-refractivity contribution in [2.24, 2.45) is 0 Å². The summed E-state index contributed by atoms with van der Waals surface area (Å²) in [6.45, 7) is 0. The molecule has 3 rings (SSSR count). The fourth-order valence-electron chi connectivity index (χ4n) is 2.94. The fourth-order valence-corrected chi connectivity index (χ4v) is 2.94. The van der Waals surface area contributed by atoms with Crippen LogP contribution < -0.4 is 25.4 Å². The predicted molar refractivity (Wildman–Crippen MR) is 113 cm³/mol. The maximum Gasteiger partial charge on any atom is 0.319 e. The van der Waals surface area contributed by atoms with Gasteiger partial charge in [0, 0.05) is 29.9 Å². The summed E-state index contributed by atoms with van der Waals surface area (Å²) in [5.41, 5.74) is 2.43. The van der Waals surface area contributed by atoms with E-state index in [-0.39, 0.29) is 11.9 Å². The molecule has 0 saturated heterocycles. The van der Waals surface area contributed by atoms with E-state index in [9.17, 15) is 9.59 Å². The van der Waals surface area contributed by atoms with Gasteiger partial charge in [-0.05, 0) is 61.6 Å². The minimum absolute atomic E-state index is 0.0512. The zero-order valence-corrected chi connectivity index (χ0v) is 16.8. The molecule has 0 spiro atoms. The molecule has 2 aromatic rings. The smallest absolute Gasteiger partial charge is 0.319 e. The van der Waals surface area contributed by atoms with Crippen molar-refractivity contribution in [3.05, 3.63) is 48.0 Å². The molecule has 0 unspecified atom stereocenters. The third kappa shape index (κ3) is 6.41. The molecule has 3 N–H and O–H groups in total. The van der Waals surface area contributed by atoms with Crippen LogP contribution in [-0.2, 0) is 11.2 Å². The Labute approximate surface area is 170 Å². The maximum atomic E-state index is 12.2. The molecule has 2 aromatic carbocycles. The number of anilines is 2. The summed E-state index contributed by atoms with van der Waals surface area (Å²) < 4.78 is 10.6. The van der Waals surface area contributed by atoms with Crippen molar-refractivity contribution >= 4 is 23.3 Å². The number of hydrogen-bond donors (Lipinski definition) is 3. The zero-order valence-electron chi connectivity index (χ0n) is 16.8. The quantitative estimate of drug-likeness (QED) is 0.598. The number of benzene rings is 2. The first-order valence-electron chi connectivity index (χ1n) is 9.75. The minimum Gasteiger partial charge on any atom is -0.497 e. The second-order valence-electron chi connectivity index (χ2n) is 7.03. The first-order valence-corrected chi connectivity index (χ1v) is 9.75. The van der Waals surface area contributed by atoms with Gasteiger partial charge in [-0.15, -0.1) is 0 Å². The highest BCUT2D eigenvalue weighted by Gasteiger charge is 2.23. The number of hydrogen-bond acceptors (Lipinski definition) is 4. The second kappa shape index (κ2) is 9.82. The van der Waals surface area contributed by atoms with Gasteiger partial charge in [-0.3, -0.25) is 4.79 Å². The third-order valence-corrected chi connectivity index (χ3v) is 4.68. The summed E-state index contributed by atoms with van der Waals surface area (Å²) in [6, 6.07) is 12.9. The van der Waals surface area contributed by atoms with E-state index in [1.165, 1.54) is 0 Å². The van der Waals surface area contributed by atoms with Gasteiger partial charge in [0.2, 0.25) is 5.91 Å². The van der Waals surface area contributed by atoms with E-state index >= 15 is 0 Å². The topological polar surface area (TPSA) is 88.7 Å². The molecule has 1 fully saturated rings. The number of aryl methyl sites for hydroxylation is 1. The van der Waals surface area contributed by atoms with E-state index in [1.807, 2.05) is 18.2 Å². The van der Waals surface area contributed by atoms with E-state index in [2.05, 4.69) is 16.0 Å².